The molecule has 1 saturated heterocycles. The lowest BCUT2D eigenvalue weighted by atomic mass is 9.90. The van der Waals surface area contributed by atoms with Gasteiger partial charge in [0.1, 0.15) is 5.69 Å². The summed E-state index contributed by atoms with van der Waals surface area (Å²) in [7, 11) is 0. The van der Waals surface area contributed by atoms with E-state index in [2.05, 4.69) is 4.98 Å². The van der Waals surface area contributed by atoms with Crippen LogP contribution in [0.2, 0.25) is 0 Å². The molecule has 0 saturated carbocycles. The molecule has 2 rings (SSSR count). The third kappa shape index (κ3) is 2.92. The summed E-state index contributed by atoms with van der Waals surface area (Å²) in [6.07, 6.45) is 2.21. The fourth-order valence-electron chi connectivity index (χ4n) is 2.56. The maximum Gasteiger partial charge on any atom is 0.308 e. The number of hydrogen-bond acceptors (Lipinski definition) is 3. The molecule has 1 fully saturated rings. The minimum absolute atomic E-state index is 0.170. The summed E-state index contributed by atoms with van der Waals surface area (Å²) < 4.78 is 0. The number of aromatic nitrogens is 1. The molecule has 1 amide bonds. The van der Waals surface area contributed by atoms with E-state index in [-0.39, 0.29) is 18.4 Å². The molecule has 0 bridgehead atoms. The summed E-state index contributed by atoms with van der Waals surface area (Å²) in [6, 6.07) is 3.62. The van der Waals surface area contributed by atoms with Gasteiger partial charge in [0.15, 0.2) is 0 Å². The van der Waals surface area contributed by atoms with Gasteiger partial charge in [-0.05, 0) is 30.9 Å². The molecule has 2 atom stereocenters. The van der Waals surface area contributed by atoms with Gasteiger partial charge in [-0.3, -0.25) is 14.6 Å². The highest BCUT2D eigenvalue weighted by Gasteiger charge is 2.32. The first-order chi connectivity index (χ1) is 8.99. The number of pyridine rings is 1. The number of likely N-dealkylation sites (tertiary alicyclic amines) is 1. The lowest BCUT2D eigenvalue weighted by molar-refractivity contribution is -0.143. The fraction of sp³-hybridized carbons (Fsp3) is 0.500. The van der Waals surface area contributed by atoms with E-state index in [0.717, 1.165) is 5.56 Å². The summed E-state index contributed by atoms with van der Waals surface area (Å²) in [5.74, 6) is -1.28. The zero-order valence-corrected chi connectivity index (χ0v) is 11.2. The SMILES string of the molecule is Cc1cccnc1C(=O)N1CC(C)CC(C(=O)O)C1. The number of rotatable bonds is 2. The number of carboxylic acids is 1. The highest BCUT2D eigenvalue weighted by molar-refractivity contribution is 5.94. The molecular weight excluding hydrogens is 244 g/mol. The Morgan fingerprint density at radius 2 is 2.16 bits per heavy atom. The minimum Gasteiger partial charge on any atom is -0.481 e. The summed E-state index contributed by atoms with van der Waals surface area (Å²) >= 11 is 0. The van der Waals surface area contributed by atoms with E-state index < -0.39 is 11.9 Å². The van der Waals surface area contributed by atoms with Gasteiger partial charge < -0.3 is 10.0 Å². The average molecular weight is 262 g/mol. The van der Waals surface area contributed by atoms with Crippen molar-refractivity contribution in [3.63, 3.8) is 0 Å². The van der Waals surface area contributed by atoms with Crippen molar-refractivity contribution >= 4 is 11.9 Å². The number of carbonyl (C=O) groups is 2. The number of carbonyl (C=O) groups excluding carboxylic acids is 1. The molecule has 2 unspecified atom stereocenters. The molecule has 0 radical (unpaired) electrons. The number of hydrogen-bond donors (Lipinski definition) is 1. The molecule has 102 valence electrons. The average Bonchev–Trinajstić information content (AvgIpc) is 2.37. The van der Waals surface area contributed by atoms with Crippen molar-refractivity contribution in [2.24, 2.45) is 11.8 Å². The largest absolute Gasteiger partial charge is 0.481 e. The van der Waals surface area contributed by atoms with E-state index in [1.54, 1.807) is 17.2 Å². The minimum atomic E-state index is -0.831. The fourth-order valence-corrected chi connectivity index (χ4v) is 2.56. The van der Waals surface area contributed by atoms with E-state index in [0.29, 0.717) is 18.7 Å². The molecule has 1 N–H and O–H groups in total. The summed E-state index contributed by atoms with van der Waals surface area (Å²) in [4.78, 5) is 29.2. The molecule has 1 aliphatic rings. The molecule has 1 aromatic rings. The lowest BCUT2D eigenvalue weighted by Gasteiger charge is -2.34. The van der Waals surface area contributed by atoms with Crippen LogP contribution in [0.1, 0.15) is 29.4 Å². The van der Waals surface area contributed by atoms with Gasteiger partial charge in [0, 0.05) is 19.3 Å². The van der Waals surface area contributed by atoms with Crippen LogP contribution in [0.15, 0.2) is 18.3 Å². The van der Waals surface area contributed by atoms with Crippen molar-refractivity contribution in [2.75, 3.05) is 13.1 Å². The summed E-state index contributed by atoms with van der Waals surface area (Å²) in [6.45, 7) is 4.68. The smallest absolute Gasteiger partial charge is 0.308 e. The Hall–Kier alpha value is -1.91. The zero-order valence-electron chi connectivity index (χ0n) is 11.2. The molecule has 1 aromatic heterocycles. The maximum atomic E-state index is 12.4. The van der Waals surface area contributed by atoms with Gasteiger partial charge >= 0.3 is 5.97 Å². The Labute approximate surface area is 112 Å². The van der Waals surface area contributed by atoms with Gasteiger partial charge in [-0.15, -0.1) is 0 Å². The molecule has 0 aliphatic carbocycles. The van der Waals surface area contributed by atoms with Gasteiger partial charge in [-0.1, -0.05) is 13.0 Å². The van der Waals surface area contributed by atoms with Crippen LogP contribution in [0, 0.1) is 18.8 Å². The van der Waals surface area contributed by atoms with Crippen LogP contribution >= 0.6 is 0 Å². The number of nitrogens with zero attached hydrogens (tertiary/aromatic N) is 2. The first-order valence-corrected chi connectivity index (χ1v) is 6.42. The third-order valence-corrected chi connectivity index (χ3v) is 3.51. The third-order valence-electron chi connectivity index (χ3n) is 3.51. The molecule has 19 heavy (non-hydrogen) atoms. The van der Waals surface area contributed by atoms with Crippen LogP contribution in [0.25, 0.3) is 0 Å². The van der Waals surface area contributed by atoms with Crippen molar-refractivity contribution in [1.82, 2.24) is 9.88 Å². The van der Waals surface area contributed by atoms with E-state index in [1.165, 1.54) is 0 Å². The number of amides is 1. The van der Waals surface area contributed by atoms with E-state index in [4.69, 9.17) is 5.11 Å². The Morgan fingerprint density at radius 1 is 1.42 bits per heavy atom. The first-order valence-electron chi connectivity index (χ1n) is 6.42. The molecule has 0 aromatic carbocycles. The quantitative estimate of drug-likeness (QED) is 0.878. The molecule has 5 heteroatoms. The summed E-state index contributed by atoms with van der Waals surface area (Å²) in [5, 5.41) is 9.13. The molecule has 2 heterocycles. The van der Waals surface area contributed by atoms with Gasteiger partial charge in [0.05, 0.1) is 5.92 Å². The molecule has 0 spiro atoms. The Bertz CT molecular complexity index is 501. The molecule has 5 nitrogen and oxygen atoms in total. The number of carboxylic acid groups (broad SMARTS) is 1. The van der Waals surface area contributed by atoms with Crippen molar-refractivity contribution in [3.8, 4) is 0 Å². The topological polar surface area (TPSA) is 70.5 Å². The van der Waals surface area contributed by atoms with Gasteiger partial charge in [0.25, 0.3) is 5.91 Å². The number of piperidine rings is 1. The highest BCUT2D eigenvalue weighted by atomic mass is 16.4. The lowest BCUT2D eigenvalue weighted by Crippen LogP contribution is -2.45. The summed E-state index contributed by atoms with van der Waals surface area (Å²) in [5.41, 5.74) is 1.23. The standard InChI is InChI=1S/C14H18N2O3/c1-9-6-11(14(18)19)8-16(7-9)13(17)12-10(2)4-3-5-15-12/h3-5,9,11H,6-8H2,1-2H3,(H,18,19). The first kappa shape index (κ1) is 13.5. The monoisotopic (exact) mass is 262 g/mol. The van der Waals surface area contributed by atoms with E-state index >= 15 is 0 Å². The van der Waals surface area contributed by atoms with Crippen LogP contribution in [-0.2, 0) is 4.79 Å². The molecule has 1 aliphatic heterocycles. The Kier molecular flexibility index (Phi) is 3.83. The van der Waals surface area contributed by atoms with Crippen LogP contribution < -0.4 is 0 Å². The second kappa shape index (κ2) is 5.38. The van der Waals surface area contributed by atoms with E-state index in [9.17, 15) is 9.59 Å². The van der Waals surface area contributed by atoms with Crippen molar-refractivity contribution < 1.29 is 14.7 Å². The van der Waals surface area contributed by atoms with Crippen LogP contribution in [-0.4, -0.2) is 40.0 Å². The molecular formula is C14H18N2O3. The van der Waals surface area contributed by atoms with Gasteiger partial charge in [0.2, 0.25) is 0 Å². The van der Waals surface area contributed by atoms with Crippen molar-refractivity contribution in [1.29, 1.82) is 0 Å². The zero-order chi connectivity index (χ0) is 14.0. The Morgan fingerprint density at radius 3 is 2.79 bits per heavy atom. The van der Waals surface area contributed by atoms with Gasteiger partial charge in [-0.25, -0.2) is 0 Å². The second-order valence-electron chi connectivity index (χ2n) is 5.26. The normalized spacial score (nSPS) is 23.2. The maximum absolute atomic E-state index is 12.4. The van der Waals surface area contributed by atoms with Gasteiger partial charge in [-0.2, -0.15) is 0 Å². The Balaban J connectivity index is 2.19. The van der Waals surface area contributed by atoms with Crippen molar-refractivity contribution in [2.45, 2.75) is 20.3 Å². The van der Waals surface area contributed by atoms with Crippen molar-refractivity contribution in [3.05, 3.63) is 29.6 Å². The highest BCUT2D eigenvalue weighted by Crippen LogP contribution is 2.23. The van der Waals surface area contributed by atoms with E-state index in [1.807, 2.05) is 19.9 Å². The number of aliphatic carboxylic acids is 1. The predicted octanol–water partition coefficient (Wildman–Crippen LogP) is 1.57. The number of aryl methyl sites for hydroxylation is 1. The predicted molar refractivity (Wildman–Crippen MR) is 69.8 cm³/mol. The van der Waals surface area contributed by atoms with Crippen LogP contribution in [0.3, 0.4) is 0 Å². The van der Waals surface area contributed by atoms with Crippen LogP contribution in [0.4, 0.5) is 0 Å². The van der Waals surface area contributed by atoms with Crippen LogP contribution in [0.5, 0.6) is 0 Å². The second-order valence-corrected chi connectivity index (χ2v) is 5.26.